The molecule has 0 aromatic carbocycles. The lowest BCUT2D eigenvalue weighted by Crippen LogP contribution is -2.08. The van der Waals surface area contributed by atoms with Gasteiger partial charge in [-0.1, -0.05) is 0 Å². The van der Waals surface area contributed by atoms with Crippen molar-refractivity contribution in [2.75, 3.05) is 17.6 Å². The van der Waals surface area contributed by atoms with Crippen LogP contribution >= 0.6 is 0 Å². The third-order valence-electron chi connectivity index (χ3n) is 2.47. The van der Waals surface area contributed by atoms with E-state index in [1.54, 1.807) is 10.7 Å². The van der Waals surface area contributed by atoms with Crippen LogP contribution in [0, 0.1) is 11.3 Å². The number of rotatable bonds is 4. The van der Waals surface area contributed by atoms with Crippen LogP contribution in [0.4, 0.5) is 11.5 Å². The second-order valence-corrected chi connectivity index (χ2v) is 3.93. The molecule has 0 radical (unpaired) electrons. The zero-order valence-electron chi connectivity index (χ0n) is 10.1. The van der Waals surface area contributed by atoms with E-state index in [0.29, 0.717) is 23.6 Å². The molecule has 92 valence electrons. The number of aryl methyl sites for hydroxylation is 1. The van der Waals surface area contributed by atoms with E-state index in [-0.39, 0.29) is 0 Å². The average Bonchev–Trinajstić information content (AvgIpc) is 2.77. The Morgan fingerprint density at radius 1 is 1.56 bits per heavy atom. The van der Waals surface area contributed by atoms with Gasteiger partial charge in [0.15, 0.2) is 0 Å². The molecule has 0 aliphatic carbocycles. The molecule has 0 fully saturated rings. The summed E-state index contributed by atoms with van der Waals surface area (Å²) in [5, 5.41) is 16.3. The van der Waals surface area contributed by atoms with Gasteiger partial charge in [-0.2, -0.15) is 10.4 Å². The summed E-state index contributed by atoms with van der Waals surface area (Å²) in [6.07, 6.45) is 4.21. The molecule has 0 saturated carbocycles. The standard InChI is InChI=1S/C12H14N6/c1-18-5-3-11(17-18)2-4-15-12-9(7-13)6-10(14)8-16-12/h3,5-6,8H,2,4,14H2,1H3,(H,15,16). The molecule has 18 heavy (non-hydrogen) atoms. The van der Waals surface area contributed by atoms with Gasteiger partial charge in [0, 0.05) is 26.2 Å². The molecular formula is C12H14N6. The highest BCUT2D eigenvalue weighted by molar-refractivity contribution is 5.57. The number of nitrogen functional groups attached to an aromatic ring is 1. The molecule has 2 rings (SSSR count). The van der Waals surface area contributed by atoms with Crippen molar-refractivity contribution in [3.05, 3.63) is 35.8 Å². The van der Waals surface area contributed by atoms with Crippen LogP contribution in [0.1, 0.15) is 11.3 Å². The normalized spacial score (nSPS) is 10.0. The number of hydrogen-bond donors (Lipinski definition) is 2. The molecule has 0 atom stereocenters. The molecule has 2 heterocycles. The van der Waals surface area contributed by atoms with Gasteiger partial charge in [-0.25, -0.2) is 4.98 Å². The summed E-state index contributed by atoms with van der Waals surface area (Å²) in [6, 6.07) is 5.63. The molecule has 0 aliphatic rings. The number of aromatic nitrogens is 3. The lowest BCUT2D eigenvalue weighted by Gasteiger charge is -2.06. The van der Waals surface area contributed by atoms with Gasteiger partial charge in [0.25, 0.3) is 0 Å². The van der Waals surface area contributed by atoms with Gasteiger partial charge < -0.3 is 11.1 Å². The third-order valence-corrected chi connectivity index (χ3v) is 2.47. The maximum Gasteiger partial charge on any atom is 0.144 e. The van der Waals surface area contributed by atoms with Crippen LogP contribution in [0.2, 0.25) is 0 Å². The van der Waals surface area contributed by atoms with Crippen LogP contribution in [-0.4, -0.2) is 21.3 Å². The molecular weight excluding hydrogens is 228 g/mol. The van der Waals surface area contributed by atoms with Crippen LogP contribution in [0.5, 0.6) is 0 Å². The van der Waals surface area contributed by atoms with Crippen LogP contribution in [0.3, 0.4) is 0 Å². The van der Waals surface area contributed by atoms with E-state index < -0.39 is 0 Å². The molecule has 6 heteroatoms. The Morgan fingerprint density at radius 2 is 2.39 bits per heavy atom. The van der Waals surface area contributed by atoms with Gasteiger partial charge in [-0.3, -0.25) is 4.68 Å². The van der Waals surface area contributed by atoms with Crippen molar-refractivity contribution >= 4 is 11.5 Å². The fourth-order valence-electron chi connectivity index (χ4n) is 1.61. The lowest BCUT2D eigenvalue weighted by atomic mass is 10.2. The number of nitrogens with two attached hydrogens (primary N) is 1. The Bertz CT molecular complexity index is 580. The first-order valence-electron chi connectivity index (χ1n) is 5.57. The molecule has 0 aliphatic heterocycles. The average molecular weight is 242 g/mol. The SMILES string of the molecule is Cn1ccc(CCNc2ncc(N)cc2C#N)n1. The Balaban J connectivity index is 1.96. The van der Waals surface area contributed by atoms with Crippen molar-refractivity contribution in [3.63, 3.8) is 0 Å². The maximum absolute atomic E-state index is 8.96. The first-order chi connectivity index (χ1) is 8.69. The summed E-state index contributed by atoms with van der Waals surface area (Å²) < 4.78 is 1.76. The Kier molecular flexibility index (Phi) is 3.44. The smallest absolute Gasteiger partial charge is 0.144 e. The van der Waals surface area contributed by atoms with E-state index in [1.807, 2.05) is 19.3 Å². The second-order valence-electron chi connectivity index (χ2n) is 3.93. The molecule has 0 spiro atoms. The summed E-state index contributed by atoms with van der Waals surface area (Å²) in [7, 11) is 1.88. The molecule has 0 amide bonds. The van der Waals surface area contributed by atoms with Gasteiger partial charge in [0.05, 0.1) is 23.1 Å². The number of nitriles is 1. The van der Waals surface area contributed by atoms with Crippen LogP contribution in [0.15, 0.2) is 24.5 Å². The summed E-state index contributed by atoms with van der Waals surface area (Å²) >= 11 is 0. The van der Waals surface area contributed by atoms with E-state index in [2.05, 4.69) is 21.5 Å². The van der Waals surface area contributed by atoms with Crippen molar-refractivity contribution in [2.24, 2.45) is 7.05 Å². The van der Waals surface area contributed by atoms with Gasteiger partial charge in [-0.15, -0.1) is 0 Å². The number of pyridine rings is 1. The van der Waals surface area contributed by atoms with Crippen molar-refractivity contribution in [1.29, 1.82) is 5.26 Å². The largest absolute Gasteiger partial charge is 0.397 e. The molecule has 2 aromatic heterocycles. The van der Waals surface area contributed by atoms with Crippen LogP contribution < -0.4 is 11.1 Å². The van der Waals surface area contributed by atoms with E-state index in [9.17, 15) is 0 Å². The van der Waals surface area contributed by atoms with Crippen LogP contribution in [0.25, 0.3) is 0 Å². The highest BCUT2D eigenvalue weighted by Gasteiger charge is 2.04. The Morgan fingerprint density at radius 3 is 3.06 bits per heavy atom. The first kappa shape index (κ1) is 11.9. The molecule has 2 aromatic rings. The highest BCUT2D eigenvalue weighted by Crippen LogP contribution is 2.14. The number of anilines is 2. The molecule has 0 saturated heterocycles. The third kappa shape index (κ3) is 2.77. The van der Waals surface area contributed by atoms with E-state index >= 15 is 0 Å². The zero-order chi connectivity index (χ0) is 13.0. The minimum atomic E-state index is 0.455. The summed E-state index contributed by atoms with van der Waals surface area (Å²) in [4.78, 5) is 4.10. The fourth-order valence-corrected chi connectivity index (χ4v) is 1.61. The minimum absolute atomic E-state index is 0.455. The summed E-state index contributed by atoms with van der Waals surface area (Å²) in [5.41, 5.74) is 7.51. The first-order valence-corrected chi connectivity index (χ1v) is 5.57. The van der Waals surface area contributed by atoms with Crippen molar-refractivity contribution in [2.45, 2.75) is 6.42 Å². The Labute approximate surface area is 105 Å². The zero-order valence-corrected chi connectivity index (χ0v) is 10.1. The quantitative estimate of drug-likeness (QED) is 0.831. The maximum atomic E-state index is 8.96. The fraction of sp³-hybridized carbons (Fsp3) is 0.250. The van der Waals surface area contributed by atoms with Gasteiger partial charge in [-0.05, 0) is 12.1 Å². The predicted octanol–water partition coefficient (Wildman–Crippen LogP) is 0.924. The molecule has 0 unspecified atom stereocenters. The second kappa shape index (κ2) is 5.19. The predicted molar refractivity (Wildman–Crippen MR) is 68.8 cm³/mol. The van der Waals surface area contributed by atoms with Crippen molar-refractivity contribution < 1.29 is 0 Å². The van der Waals surface area contributed by atoms with Gasteiger partial charge >= 0.3 is 0 Å². The van der Waals surface area contributed by atoms with Gasteiger partial charge in [0.2, 0.25) is 0 Å². The van der Waals surface area contributed by atoms with E-state index in [1.165, 1.54) is 6.20 Å². The van der Waals surface area contributed by atoms with Crippen molar-refractivity contribution in [3.8, 4) is 6.07 Å². The number of nitrogens with zero attached hydrogens (tertiary/aromatic N) is 4. The molecule has 0 bridgehead atoms. The van der Waals surface area contributed by atoms with E-state index in [0.717, 1.165) is 12.1 Å². The Hall–Kier alpha value is -2.55. The molecule has 6 nitrogen and oxygen atoms in total. The topological polar surface area (TPSA) is 92.5 Å². The lowest BCUT2D eigenvalue weighted by molar-refractivity contribution is 0.742. The highest BCUT2D eigenvalue weighted by atomic mass is 15.2. The number of hydrogen-bond acceptors (Lipinski definition) is 5. The summed E-state index contributed by atoms with van der Waals surface area (Å²) in [6.45, 7) is 0.669. The molecule has 3 N–H and O–H groups in total. The van der Waals surface area contributed by atoms with Crippen LogP contribution in [-0.2, 0) is 13.5 Å². The monoisotopic (exact) mass is 242 g/mol. The van der Waals surface area contributed by atoms with E-state index in [4.69, 9.17) is 11.0 Å². The number of nitrogens with one attached hydrogen (secondary N) is 1. The van der Waals surface area contributed by atoms with Crippen molar-refractivity contribution in [1.82, 2.24) is 14.8 Å². The summed E-state index contributed by atoms with van der Waals surface area (Å²) in [5.74, 6) is 0.558. The minimum Gasteiger partial charge on any atom is -0.397 e. The van der Waals surface area contributed by atoms with Gasteiger partial charge in [0.1, 0.15) is 11.9 Å².